The summed E-state index contributed by atoms with van der Waals surface area (Å²) in [5, 5.41) is 9.47. The Kier molecular flexibility index (Phi) is 3.94. The van der Waals surface area contributed by atoms with Crippen LogP contribution < -0.4 is 11.1 Å². The van der Waals surface area contributed by atoms with Gasteiger partial charge in [-0.15, -0.1) is 0 Å². The minimum atomic E-state index is -0.424. The molecule has 0 bridgehead atoms. The number of H-pyrrole nitrogens is 1. The van der Waals surface area contributed by atoms with E-state index in [1.165, 1.54) is 6.33 Å². The summed E-state index contributed by atoms with van der Waals surface area (Å²) in [6, 6.07) is 7.42. The van der Waals surface area contributed by atoms with Gasteiger partial charge in [0.15, 0.2) is 5.82 Å². The Bertz CT molecular complexity index is 614. The lowest BCUT2D eigenvalue weighted by Crippen LogP contribution is -2.29. The van der Waals surface area contributed by atoms with E-state index in [1.807, 2.05) is 24.3 Å². The van der Waals surface area contributed by atoms with Crippen LogP contribution in [0, 0.1) is 0 Å². The Hall–Kier alpha value is -2.25. The van der Waals surface area contributed by atoms with Crippen molar-refractivity contribution in [2.45, 2.75) is 25.0 Å². The smallest absolute Gasteiger partial charge is 0.253 e. The molecule has 1 amide bonds. The van der Waals surface area contributed by atoms with Crippen molar-refractivity contribution < 1.29 is 9.53 Å². The van der Waals surface area contributed by atoms with Crippen molar-refractivity contribution in [3.63, 3.8) is 0 Å². The van der Waals surface area contributed by atoms with Crippen molar-refractivity contribution in [3.8, 4) is 11.4 Å². The minimum absolute atomic E-state index is 0.0127. The number of amides is 1. The average molecular weight is 287 g/mol. The second kappa shape index (κ2) is 6.02. The summed E-state index contributed by atoms with van der Waals surface area (Å²) in [5.41, 5.74) is 7.11. The fourth-order valence-corrected chi connectivity index (χ4v) is 2.38. The van der Waals surface area contributed by atoms with E-state index in [9.17, 15) is 4.79 Å². The van der Waals surface area contributed by atoms with Crippen LogP contribution in [0.25, 0.3) is 11.4 Å². The first kappa shape index (κ1) is 13.7. The number of nitrogens with one attached hydrogen (secondary N) is 2. The lowest BCUT2D eigenvalue weighted by atomic mass is 10.1. The highest BCUT2D eigenvalue weighted by atomic mass is 16.5. The first-order valence-corrected chi connectivity index (χ1v) is 6.88. The molecule has 4 N–H and O–H groups in total. The topological polar surface area (TPSA) is 106 Å². The number of anilines is 1. The molecule has 1 aromatic heterocycles. The number of carbonyl (C=O) groups is 1. The number of nitrogens with zero attached hydrogens (tertiary/aromatic N) is 2. The van der Waals surface area contributed by atoms with E-state index < -0.39 is 6.10 Å². The van der Waals surface area contributed by atoms with Crippen LogP contribution in [0.3, 0.4) is 0 Å². The van der Waals surface area contributed by atoms with Crippen molar-refractivity contribution in [2.75, 3.05) is 11.9 Å². The second-order valence-electron chi connectivity index (χ2n) is 4.96. The molecule has 2 atom stereocenters. The van der Waals surface area contributed by atoms with Gasteiger partial charge in [0.25, 0.3) is 5.91 Å². The number of ether oxygens (including phenoxy) is 1. The molecule has 1 aromatic carbocycles. The average Bonchev–Trinajstić information content (AvgIpc) is 3.19. The Labute approximate surface area is 121 Å². The fraction of sp³-hybridized carbons (Fsp3) is 0.357. The molecule has 7 heteroatoms. The molecule has 2 aromatic rings. The molecular weight excluding hydrogens is 270 g/mol. The standard InChI is InChI=1S/C14H17N5O2/c15-7-11-4-5-12(21-11)14(20)18-10-3-1-2-9(6-10)13-16-8-17-19-13/h1-3,6,8,11-12H,4-5,7,15H2,(H,18,20)(H,16,17,19)/t11-,12+/m1/s1. The predicted octanol–water partition coefficient (Wildman–Crippen LogP) is 0.916. The van der Waals surface area contributed by atoms with Gasteiger partial charge in [-0.2, -0.15) is 5.10 Å². The summed E-state index contributed by atoms with van der Waals surface area (Å²) in [7, 11) is 0. The van der Waals surface area contributed by atoms with E-state index in [0.717, 1.165) is 12.0 Å². The van der Waals surface area contributed by atoms with Gasteiger partial charge >= 0.3 is 0 Å². The summed E-state index contributed by atoms with van der Waals surface area (Å²) in [6.45, 7) is 0.449. The van der Waals surface area contributed by atoms with E-state index in [4.69, 9.17) is 10.5 Å². The van der Waals surface area contributed by atoms with Gasteiger partial charge in [-0.05, 0) is 25.0 Å². The maximum Gasteiger partial charge on any atom is 0.253 e. The van der Waals surface area contributed by atoms with Gasteiger partial charge in [0.1, 0.15) is 12.4 Å². The fourth-order valence-electron chi connectivity index (χ4n) is 2.38. The van der Waals surface area contributed by atoms with Crippen LogP contribution in [0.15, 0.2) is 30.6 Å². The lowest BCUT2D eigenvalue weighted by Gasteiger charge is -2.13. The quantitative estimate of drug-likeness (QED) is 0.775. The van der Waals surface area contributed by atoms with Crippen LogP contribution in [0.1, 0.15) is 12.8 Å². The highest BCUT2D eigenvalue weighted by Gasteiger charge is 2.29. The molecule has 1 aliphatic heterocycles. The van der Waals surface area contributed by atoms with Gasteiger partial charge in [-0.1, -0.05) is 12.1 Å². The summed E-state index contributed by atoms with van der Waals surface area (Å²) in [6.07, 6.45) is 2.54. The highest BCUT2D eigenvalue weighted by Crippen LogP contribution is 2.22. The van der Waals surface area contributed by atoms with Gasteiger partial charge in [0.2, 0.25) is 0 Å². The van der Waals surface area contributed by atoms with E-state index in [2.05, 4.69) is 20.5 Å². The lowest BCUT2D eigenvalue weighted by molar-refractivity contribution is -0.126. The Morgan fingerprint density at radius 1 is 1.48 bits per heavy atom. The monoisotopic (exact) mass is 287 g/mol. The van der Waals surface area contributed by atoms with E-state index in [1.54, 1.807) is 0 Å². The molecular formula is C14H17N5O2. The molecule has 2 heterocycles. The molecule has 1 aliphatic rings. The van der Waals surface area contributed by atoms with Gasteiger partial charge in [-0.25, -0.2) is 4.98 Å². The van der Waals surface area contributed by atoms with Crippen molar-refractivity contribution >= 4 is 11.6 Å². The van der Waals surface area contributed by atoms with Crippen LogP contribution in [0.5, 0.6) is 0 Å². The molecule has 0 unspecified atom stereocenters. The van der Waals surface area contributed by atoms with Crippen LogP contribution in [0.2, 0.25) is 0 Å². The largest absolute Gasteiger partial charge is 0.364 e. The maximum absolute atomic E-state index is 12.2. The summed E-state index contributed by atoms with van der Waals surface area (Å²) < 4.78 is 5.58. The zero-order chi connectivity index (χ0) is 14.7. The molecule has 3 rings (SSSR count). The SMILES string of the molecule is NC[C@H]1CC[C@@H](C(=O)Nc2cccc(-c3ncn[nH]3)c2)O1. The van der Waals surface area contributed by atoms with Crippen LogP contribution >= 0.6 is 0 Å². The Morgan fingerprint density at radius 3 is 3.10 bits per heavy atom. The number of aromatic nitrogens is 3. The number of nitrogens with two attached hydrogens (primary N) is 1. The zero-order valence-corrected chi connectivity index (χ0v) is 11.5. The first-order chi connectivity index (χ1) is 10.3. The third-order valence-electron chi connectivity index (χ3n) is 3.48. The molecule has 0 radical (unpaired) electrons. The Morgan fingerprint density at radius 2 is 2.38 bits per heavy atom. The van der Waals surface area contributed by atoms with Crippen molar-refractivity contribution in [3.05, 3.63) is 30.6 Å². The normalized spacial score (nSPS) is 21.4. The third-order valence-corrected chi connectivity index (χ3v) is 3.48. The van der Waals surface area contributed by atoms with Crippen LogP contribution in [-0.2, 0) is 9.53 Å². The maximum atomic E-state index is 12.2. The number of carbonyl (C=O) groups excluding carboxylic acids is 1. The number of rotatable bonds is 4. The predicted molar refractivity (Wildman–Crippen MR) is 77.4 cm³/mol. The summed E-state index contributed by atoms with van der Waals surface area (Å²) >= 11 is 0. The first-order valence-electron chi connectivity index (χ1n) is 6.88. The summed E-state index contributed by atoms with van der Waals surface area (Å²) in [5.74, 6) is 0.520. The highest BCUT2D eigenvalue weighted by molar-refractivity contribution is 5.94. The minimum Gasteiger partial charge on any atom is -0.364 e. The van der Waals surface area contributed by atoms with Crippen molar-refractivity contribution in [2.24, 2.45) is 5.73 Å². The zero-order valence-electron chi connectivity index (χ0n) is 11.5. The molecule has 0 spiro atoms. The number of hydrogen-bond donors (Lipinski definition) is 3. The van der Waals surface area contributed by atoms with Gasteiger partial charge in [0, 0.05) is 17.8 Å². The van der Waals surface area contributed by atoms with Crippen LogP contribution in [0.4, 0.5) is 5.69 Å². The number of hydrogen-bond acceptors (Lipinski definition) is 5. The van der Waals surface area contributed by atoms with Gasteiger partial charge in [0.05, 0.1) is 6.10 Å². The van der Waals surface area contributed by atoms with E-state index in [0.29, 0.717) is 24.5 Å². The molecule has 21 heavy (non-hydrogen) atoms. The number of aromatic amines is 1. The second-order valence-corrected chi connectivity index (χ2v) is 4.96. The number of benzene rings is 1. The molecule has 110 valence electrons. The summed E-state index contributed by atoms with van der Waals surface area (Å²) in [4.78, 5) is 16.2. The van der Waals surface area contributed by atoms with Crippen molar-refractivity contribution in [1.82, 2.24) is 15.2 Å². The molecule has 1 fully saturated rings. The van der Waals surface area contributed by atoms with E-state index in [-0.39, 0.29) is 12.0 Å². The van der Waals surface area contributed by atoms with Gasteiger partial charge < -0.3 is 15.8 Å². The third kappa shape index (κ3) is 3.09. The van der Waals surface area contributed by atoms with Crippen molar-refractivity contribution in [1.29, 1.82) is 0 Å². The molecule has 0 aliphatic carbocycles. The Balaban J connectivity index is 1.68. The van der Waals surface area contributed by atoms with Gasteiger partial charge in [-0.3, -0.25) is 9.89 Å². The van der Waals surface area contributed by atoms with Crippen LogP contribution in [-0.4, -0.2) is 39.8 Å². The molecule has 0 saturated carbocycles. The molecule has 1 saturated heterocycles. The molecule has 7 nitrogen and oxygen atoms in total. The van der Waals surface area contributed by atoms with E-state index >= 15 is 0 Å².